The van der Waals surface area contributed by atoms with E-state index in [1.165, 1.54) is 5.56 Å². The molecule has 0 radical (unpaired) electrons. The molecule has 3 heteroatoms. The van der Waals surface area contributed by atoms with Crippen molar-refractivity contribution < 1.29 is 4.74 Å². The third kappa shape index (κ3) is 3.08. The van der Waals surface area contributed by atoms with E-state index in [1.807, 2.05) is 25.2 Å². The number of hydrogen-bond acceptors (Lipinski definition) is 3. The molecular weight excluding hydrogens is 224 g/mol. The smallest absolute Gasteiger partial charge is 0.130 e. The molecule has 0 aliphatic carbocycles. The number of nitrogens with one attached hydrogen (secondary N) is 1. The van der Waals surface area contributed by atoms with Gasteiger partial charge in [0.15, 0.2) is 0 Å². The van der Waals surface area contributed by atoms with Gasteiger partial charge in [-0.25, -0.2) is 0 Å². The Kier molecular flexibility index (Phi) is 3.95. The van der Waals surface area contributed by atoms with Gasteiger partial charge in [0.25, 0.3) is 0 Å². The molecule has 0 saturated carbocycles. The summed E-state index contributed by atoms with van der Waals surface area (Å²) in [6.07, 6.45) is 1.77. The minimum absolute atomic E-state index is 0.740. The Hall–Kier alpha value is -1.87. The van der Waals surface area contributed by atoms with Gasteiger partial charge in [0.2, 0.25) is 0 Å². The van der Waals surface area contributed by atoms with E-state index in [1.54, 1.807) is 6.20 Å². The van der Waals surface area contributed by atoms with Gasteiger partial charge in [-0.2, -0.15) is 0 Å². The molecule has 3 nitrogen and oxygen atoms in total. The molecular formula is C15H18N2O. The first-order valence-electron chi connectivity index (χ1n) is 6.03. The van der Waals surface area contributed by atoms with Crippen molar-refractivity contribution in [2.24, 2.45) is 0 Å². The van der Waals surface area contributed by atoms with Crippen molar-refractivity contribution >= 4 is 0 Å². The van der Waals surface area contributed by atoms with Crippen molar-refractivity contribution in [2.45, 2.75) is 20.4 Å². The maximum absolute atomic E-state index is 5.88. The molecule has 94 valence electrons. The van der Waals surface area contributed by atoms with E-state index in [0.29, 0.717) is 0 Å². The van der Waals surface area contributed by atoms with Gasteiger partial charge in [0, 0.05) is 18.8 Å². The lowest BCUT2D eigenvalue weighted by Crippen LogP contribution is -2.06. The predicted octanol–water partition coefficient (Wildman–Crippen LogP) is 3.21. The molecule has 0 bridgehead atoms. The molecule has 2 aromatic rings. The van der Waals surface area contributed by atoms with Crippen LogP contribution in [-0.4, -0.2) is 12.0 Å². The van der Waals surface area contributed by atoms with Crippen molar-refractivity contribution in [1.82, 2.24) is 10.3 Å². The van der Waals surface area contributed by atoms with Crippen LogP contribution in [0.2, 0.25) is 0 Å². The Bertz CT molecular complexity index is 538. The average Bonchev–Trinajstić information content (AvgIpc) is 2.34. The Labute approximate surface area is 108 Å². The van der Waals surface area contributed by atoms with E-state index in [9.17, 15) is 0 Å². The summed E-state index contributed by atoms with van der Waals surface area (Å²) < 4.78 is 5.88. The highest BCUT2D eigenvalue weighted by molar-refractivity contribution is 5.39. The number of rotatable bonds is 4. The Balaban J connectivity index is 2.20. The predicted molar refractivity (Wildman–Crippen MR) is 73.0 cm³/mol. The number of benzene rings is 1. The SMILES string of the molecule is CNCc1cc(Oc2ccc(C)cc2C)ccn1. The maximum atomic E-state index is 5.88. The van der Waals surface area contributed by atoms with Crippen molar-refractivity contribution in [1.29, 1.82) is 0 Å². The summed E-state index contributed by atoms with van der Waals surface area (Å²) >= 11 is 0. The van der Waals surface area contributed by atoms with Crippen LogP contribution in [0.3, 0.4) is 0 Å². The topological polar surface area (TPSA) is 34.1 Å². The number of ether oxygens (including phenoxy) is 1. The van der Waals surface area contributed by atoms with Crippen molar-refractivity contribution in [3.63, 3.8) is 0 Å². The highest BCUT2D eigenvalue weighted by atomic mass is 16.5. The quantitative estimate of drug-likeness (QED) is 0.894. The third-order valence-electron chi connectivity index (χ3n) is 2.70. The van der Waals surface area contributed by atoms with E-state index < -0.39 is 0 Å². The Morgan fingerprint density at radius 3 is 2.72 bits per heavy atom. The van der Waals surface area contributed by atoms with Gasteiger partial charge in [-0.3, -0.25) is 4.98 Å². The second-order valence-corrected chi connectivity index (χ2v) is 4.38. The van der Waals surface area contributed by atoms with Crippen LogP contribution >= 0.6 is 0 Å². The Morgan fingerprint density at radius 1 is 1.17 bits per heavy atom. The summed E-state index contributed by atoms with van der Waals surface area (Å²) in [5.74, 6) is 1.71. The number of aromatic nitrogens is 1. The van der Waals surface area contributed by atoms with Crippen LogP contribution in [-0.2, 0) is 6.54 Å². The molecule has 0 unspecified atom stereocenters. The molecule has 0 atom stereocenters. The van der Waals surface area contributed by atoms with Crippen LogP contribution in [0.15, 0.2) is 36.5 Å². The van der Waals surface area contributed by atoms with Crippen LogP contribution in [0, 0.1) is 13.8 Å². The van der Waals surface area contributed by atoms with Crippen molar-refractivity contribution in [3.8, 4) is 11.5 Å². The van der Waals surface area contributed by atoms with E-state index in [-0.39, 0.29) is 0 Å². The number of aryl methyl sites for hydroxylation is 2. The van der Waals surface area contributed by atoms with Crippen LogP contribution in [0.25, 0.3) is 0 Å². The van der Waals surface area contributed by atoms with Crippen molar-refractivity contribution in [2.75, 3.05) is 7.05 Å². The fraction of sp³-hybridized carbons (Fsp3) is 0.267. The lowest BCUT2D eigenvalue weighted by Gasteiger charge is -2.10. The van der Waals surface area contributed by atoms with Crippen LogP contribution in [0.4, 0.5) is 0 Å². The van der Waals surface area contributed by atoms with Gasteiger partial charge in [0.05, 0.1) is 5.69 Å². The molecule has 1 N–H and O–H groups in total. The number of nitrogens with zero attached hydrogens (tertiary/aromatic N) is 1. The zero-order valence-corrected chi connectivity index (χ0v) is 11.0. The molecule has 0 saturated heterocycles. The summed E-state index contributed by atoms with van der Waals surface area (Å²) in [5.41, 5.74) is 3.35. The summed E-state index contributed by atoms with van der Waals surface area (Å²) in [6.45, 7) is 4.87. The normalized spacial score (nSPS) is 10.4. The lowest BCUT2D eigenvalue weighted by molar-refractivity contribution is 0.476. The molecule has 2 rings (SSSR count). The summed E-state index contributed by atoms with van der Waals surface area (Å²) in [5, 5.41) is 3.08. The first-order valence-corrected chi connectivity index (χ1v) is 6.03. The van der Waals surface area contributed by atoms with Crippen LogP contribution in [0.1, 0.15) is 16.8 Å². The minimum Gasteiger partial charge on any atom is -0.457 e. The summed E-state index contributed by atoms with van der Waals surface area (Å²) in [4.78, 5) is 4.26. The molecule has 0 spiro atoms. The molecule has 1 aromatic carbocycles. The van der Waals surface area contributed by atoms with E-state index in [0.717, 1.165) is 29.3 Å². The van der Waals surface area contributed by atoms with Crippen molar-refractivity contribution in [3.05, 3.63) is 53.3 Å². The number of hydrogen-bond donors (Lipinski definition) is 1. The van der Waals surface area contributed by atoms with Gasteiger partial charge in [-0.15, -0.1) is 0 Å². The first-order chi connectivity index (χ1) is 8.69. The Morgan fingerprint density at radius 2 is 2.00 bits per heavy atom. The lowest BCUT2D eigenvalue weighted by atomic mass is 10.1. The van der Waals surface area contributed by atoms with Gasteiger partial charge < -0.3 is 10.1 Å². The molecule has 1 heterocycles. The fourth-order valence-electron chi connectivity index (χ4n) is 1.84. The summed E-state index contributed by atoms with van der Waals surface area (Å²) in [7, 11) is 1.90. The van der Waals surface area contributed by atoms with Gasteiger partial charge >= 0.3 is 0 Å². The second-order valence-electron chi connectivity index (χ2n) is 4.38. The van der Waals surface area contributed by atoms with Gasteiger partial charge in [-0.05, 0) is 38.6 Å². The average molecular weight is 242 g/mol. The van der Waals surface area contributed by atoms with Gasteiger partial charge in [-0.1, -0.05) is 17.7 Å². The van der Waals surface area contributed by atoms with E-state index in [2.05, 4.69) is 36.3 Å². The molecule has 0 aliphatic heterocycles. The van der Waals surface area contributed by atoms with Crippen LogP contribution in [0.5, 0.6) is 11.5 Å². The van der Waals surface area contributed by atoms with E-state index >= 15 is 0 Å². The first kappa shape index (κ1) is 12.6. The highest BCUT2D eigenvalue weighted by Gasteiger charge is 2.03. The number of pyridine rings is 1. The highest BCUT2D eigenvalue weighted by Crippen LogP contribution is 2.25. The largest absolute Gasteiger partial charge is 0.457 e. The molecule has 0 aliphatic rings. The minimum atomic E-state index is 0.740. The zero-order valence-electron chi connectivity index (χ0n) is 11.0. The molecule has 1 aromatic heterocycles. The van der Waals surface area contributed by atoms with Crippen LogP contribution < -0.4 is 10.1 Å². The summed E-state index contributed by atoms with van der Waals surface area (Å²) in [6, 6.07) is 10.0. The maximum Gasteiger partial charge on any atom is 0.130 e. The monoisotopic (exact) mass is 242 g/mol. The zero-order chi connectivity index (χ0) is 13.0. The molecule has 18 heavy (non-hydrogen) atoms. The van der Waals surface area contributed by atoms with Gasteiger partial charge in [0.1, 0.15) is 11.5 Å². The molecule has 0 fully saturated rings. The molecule has 0 amide bonds. The van der Waals surface area contributed by atoms with E-state index in [4.69, 9.17) is 4.74 Å². The standard InChI is InChI=1S/C15H18N2O/c1-11-4-5-15(12(2)8-11)18-14-6-7-17-13(9-14)10-16-3/h4-9,16H,10H2,1-3H3. The third-order valence-corrected chi connectivity index (χ3v) is 2.70. The fourth-order valence-corrected chi connectivity index (χ4v) is 1.84. The second kappa shape index (κ2) is 5.65.